The van der Waals surface area contributed by atoms with Crippen molar-refractivity contribution >= 4 is 28.6 Å². The fourth-order valence-electron chi connectivity index (χ4n) is 2.97. The number of carbonyl (C=O) groups is 1. The fourth-order valence-corrected chi connectivity index (χ4v) is 3.91. The summed E-state index contributed by atoms with van der Waals surface area (Å²) in [7, 11) is 0. The summed E-state index contributed by atoms with van der Waals surface area (Å²) in [4.78, 5) is 31.0. The van der Waals surface area contributed by atoms with Gasteiger partial charge in [0.1, 0.15) is 11.6 Å². The molecule has 1 aliphatic carbocycles. The summed E-state index contributed by atoms with van der Waals surface area (Å²) in [5.74, 6) is 1.55. The lowest BCUT2D eigenvalue weighted by Crippen LogP contribution is -2.16. The molecule has 0 radical (unpaired) electrons. The molecule has 0 saturated heterocycles. The van der Waals surface area contributed by atoms with E-state index in [9.17, 15) is 9.59 Å². The summed E-state index contributed by atoms with van der Waals surface area (Å²) >= 11 is 1.46. The van der Waals surface area contributed by atoms with Crippen LogP contribution in [0.15, 0.2) is 34.2 Å². The molecule has 8 nitrogen and oxygen atoms in total. The van der Waals surface area contributed by atoms with Crippen molar-refractivity contribution in [3.8, 4) is 0 Å². The van der Waals surface area contributed by atoms with E-state index in [1.165, 1.54) is 11.8 Å². The molecular formula is C18H20N6O2S. The Hall–Kier alpha value is -2.68. The second kappa shape index (κ2) is 7.15. The zero-order chi connectivity index (χ0) is 19.0. The molecule has 2 aromatic heterocycles. The monoisotopic (exact) mass is 384 g/mol. The molecule has 1 atom stereocenters. The molecule has 1 amide bonds. The molecule has 1 saturated carbocycles. The third-order valence-corrected chi connectivity index (χ3v) is 5.66. The number of aromatic amines is 1. The van der Waals surface area contributed by atoms with Crippen molar-refractivity contribution in [3.63, 3.8) is 0 Å². The molecule has 1 fully saturated rings. The average Bonchev–Trinajstić information content (AvgIpc) is 3.41. The molecule has 1 aliphatic rings. The van der Waals surface area contributed by atoms with Crippen molar-refractivity contribution in [1.29, 1.82) is 0 Å². The van der Waals surface area contributed by atoms with Crippen molar-refractivity contribution in [2.45, 2.75) is 49.1 Å². The minimum absolute atomic E-state index is 0.133. The normalized spacial score (nSPS) is 15.1. The molecule has 1 aromatic carbocycles. The zero-order valence-corrected chi connectivity index (χ0v) is 15.7. The molecule has 4 rings (SSSR count). The predicted octanol–water partition coefficient (Wildman–Crippen LogP) is 2.12. The molecule has 27 heavy (non-hydrogen) atoms. The number of rotatable bonds is 7. The van der Waals surface area contributed by atoms with Crippen LogP contribution in [0, 0.1) is 0 Å². The summed E-state index contributed by atoms with van der Waals surface area (Å²) in [6, 6.07) is 7.26. The van der Waals surface area contributed by atoms with Gasteiger partial charge in [-0.2, -0.15) is 0 Å². The maximum absolute atomic E-state index is 12.3. The van der Waals surface area contributed by atoms with Crippen LogP contribution in [-0.4, -0.2) is 30.6 Å². The highest BCUT2D eigenvalue weighted by molar-refractivity contribution is 7.99. The van der Waals surface area contributed by atoms with Crippen molar-refractivity contribution in [2.75, 3.05) is 0 Å². The van der Waals surface area contributed by atoms with Gasteiger partial charge in [-0.25, -0.2) is 4.98 Å². The van der Waals surface area contributed by atoms with E-state index in [0.717, 1.165) is 18.7 Å². The summed E-state index contributed by atoms with van der Waals surface area (Å²) in [6.45, 7) is 2.42. The zero-order valence-electron chi connectivity index (χ0n) is 14.9. The topological polar surface area (TPSA) is 120 Å². The standard InChI is InChI=1S/C18H20N6O2S/c1-10(15-20-13-5-3-2-4-12(13)17(26)21-15)27-18-23-22-16(11-6-7-11)24(18)9-8-14(19)25/h2-5,10-11H,6-9H2,1H3,(H2,19,25)(H,20,21,26)/t10-/m0/s1. The van der Waals surface area contributed by atoms with Crippen LogP contribution in [0.5, 0.6) is 0 Å². The number of fused-ring (bicyclic) bond motifs is 1. The largest absolute Gasteiger partial charge is 0.370 e. The van der Waals surface area contributed by atoms with Crippen LogP contribution < -0.4 is 11.3 Å². The number of amides is 1. The van der Waals surface area contributed by atoms with E-state index in [4.69, 9.17) is 5.73 Å². The molecule has 3 aromatic rings. The molecule has 0 aliphatic heterocycles. The van der Waals surface area contributed by atoms with E-state index in [-0.39, 0.29) is 23.1 Å². The van der Waals surface area contributed by atoms with Crippen LogP contribution in [0.3, 0.4) is 0 Å². The average molecular weight is 384 g/mol. The first-order valence-electron chi connectivity index (χ1n) is 8.90. The highest BCUT2D eigenvalue weighted by Crippen LogP contribution is 2.41. The molecule has 0 bridgehead atoms. The lowest BCUT2D eigenvalue weighted by Gasteiger charge is -2.13. The van der Waals surface area contributed by atoms with E-state index in [1.54, 1.807) is 6.07 Å². The lowest BCUT2D eigenvalue weighted by molar-refractivity contribution is -0.118. The first kappa shape index (κ1) is 17.7. The minimum Gasteiger partial charge on any atom is -0.370 e. The van der Waals surface area contributed by atoms with Crippen LogP contribution in [0.1, 0.15) is 49.0 Å². The molecule has 140 valence electrons. The van der Waals surface area contributed by atoms with Gasteiger partial charge in [-0.05, 0) is 31.9 Å². The number of carbonyl (C=O) groups excluding carboxylic acids is 1. The van der Waals surface area contributed by atoms with Gasteiger partial charge in [0.25, 0.3) is 5.56 Å². The van der Waals surface area contributed by atoms with Gasteiger partial charge in [0.05, 0.1) is 16.2 Å². The Morgan fingerprint density at radius 2 is 2.15 bits per heavy atom. The van der Waals surface area contributed by atoms with E-state index >= 15 is 0 Å². The van der Waals surface area contributed by atoms with Crippen LogP contribution in [-0.2, 0) is 11.3 Å². The number of nitrogens with one attached hydrogen (secondary N) is 1. The number of nitrogens with two attached hydrogens (primary N) is 1. The Balaban J connectivity index is 1.62. The van der Waals surface area contributed by atoms with Crippen molar-refractivity contribution in [1.82, 2.24) is 24.7 Å². The Bertz CT molecular complexity index is 1060. The quantitative estimate of drug-likeness (QED) is 0.602. The number of aromatic nitrogens is 5. The minimum atomic E-state index is -0.352. The van der Waals surface area contributed by atoms with Gasteiger partial charge in [-0.15, -0.1) is 10.2 Å². The predicted molar refractivity (Wildman–Crippen MR) is 102 cm³/mol. The van der Waals surface area contributed by atoms with Crippen molar-refractivity contribution in [2.24, 2.45) is 5.73 Å². The third kappa shape index (κ3) is 3.73. The van der Waals surface area contributed by atoms with E-state index in [2.05, 4.69) is 20.2 Å². The van der Waals surface area contributed by atoms with E-state index < -0.39 is 0 Å². The molecule has 2 heterocycles. The van der Waals surface area contributed by atoms with E-state index in [1.807, 2.05) is 29.7 Å². The fraction of sp³-hybridized carbons (Fsp3) is 0.389. The Kier molecular flexibility index (Phi) is 4.69. The first-order chi connectivity index (χ1) is 13.0. The summed E-state index contributed by atoms with van der Waals surface area (Å²) in [6.07, 6.45) is 2.42. The van der Waals surface area contributed by atoms with Gasteiger partial charge in [-0.3, -0.25) is 9.59 Å². The third-order valence-electron chi connectivity index (χ3n) is 4.57. The second-order valence-corrected chi connectivity index (χ2v) is 8.02. The number of nitrogens with zero attached hydrogens (tertiary/aromatic N) is 4. The number of hydrogen-bond acceptors (Lipinski definition) is 6. The van der Waals surface area contributed by atoms with Gasteiger partial charge in [-0.1, -0.05) is 23.9 Å². The molecular weight excluding hydrogens is 364 g/mol. The molecule has 0 spiro atoms. The number of H-pyrrole nitrogens is 1. The smallest absolute Gasteiger partial charge is 0.258 e. The highest BCUT2D eigenvalue weighted by atomic mass is 32.2. The molecule has 0 unspecified atom stereocenters. The molecule has 9 heteroatoms. The Labute approximate surface area is 159 Å². The van der Waals surface area contributed by atoms with Crippen LogP contribution in [0.2, 0.25) is 0 Å². The highest BCUT2D eigenvalue weighted by Gasteiger charge is 2.31. The van der Waals surface area contributed by atoms with Gasteiger partial charge in [0, 0.05) is 18.9 Å². The van der Waals surface area contributed by atoms with Crippen molar-refractivity contribution in [3.05, 3.63) is 46.3 Å². The first-order valence-corrected chi connectivity index (χ1v) is 9.78. The van der Waals surface area contributed by atoms with Crippen LogP contribution >= 0.6 is 11.8 Å². The van der Waals surface area contributed by atoms with Gasteiger partial charge in [0.15, 0.2) is 5.16 Å². The van der Waals surface area contributed by atoms with Crippen molar-refractivity contribution < 1.29 is 4.79 Å². The maximum Gasteiger partial charge on any atom is 0.258 e. The maximum atomic E-state index is 12.3. The Morgan fingerprint density at radius 3 is 2.89 bits per heavy atom. The summed E-state index contributed by atoms with van der Waals surface area (Å²) < 4.78 is 1.97. The number of hydrogen-bond donors (Lipinski definition) is 2. The number of primary amides is 1. The number of thioether (sulfide) groups is 1. The van der Waals surface area contributed by atoms with Gasteiger partial charge >= 0.3 is 0 Å². The number of para-hydroxylation sites is 1. The van der Waals surface area contributed by atoms with Gasteiger partial charge < -0.3 is 15.3 Å². The van der Waals surface area contributed by atoms with Crippen LogP contribution in [0.4, 0.5) is 0 Å². The SMILES string of the molecule is C[C@H](Sc1nnc(C2CC2)n1CCC(N)=O)c1nc2ccccc2c(=O)[nH]1. The molecule has 3 N–H and O–H groups in total. The second-order valence-electron chi connectivity index (χ2n) is 6.71. The van der Waals surface area contributed by atoms with E-state index in [0.29, 0.717) is 34.3 Å². The van der Waals surface area contributed by atoms with Crippen LogP contribution in [0.25, 0.3) is 10.9 Å². The van der Waals surface area contributed by atoms with Gasteiger partial charge in [0.2, 0.25) is 5.91 Å². The summed E-state index contributed by atoms with van der Waals surface area (Å²) in [5.41, 5.74) is 5.82. The number of benzene rings is 1. The lowest BCUT2D eigenvalue weighted by atomic mass is 10.2. The summed E-state index contributed by atoms with van der Waals surface area (Å²) in [5, 5.41) is 9.77. The Morgan fingerprint density at radius 1 is 1.37 bits per heavy atom.